The van der Waals surface area contributed by atoms with Crippen LogP contribution in [0.25, 0.3) is 0 Å². The van der Waals surface area contributed by atoms with Crippen molar-refractivity contribution in [3.05, 3.63) is 35.4 Å². The van der Waals surface area contributed by atoms with Crippen molar-refractivity contribution >= 4 is 5.97 Å². The number of hydrogen-bond donors (Lipinski definition) is 1. The molecule has 3 heteroatoms. The van der Waals surface area contributed by atoms with E-state index in [1.165, 1.54) is 11.1 Å². The van der Waals surface area contributed by atoms with Gasteiger partial charge < -0.3 is 5.11 Å². The van der Waals surface area contributed by atoms with E-state index in [2.05, 4.69) is 36.1 Å². The minimum atomic E-state index is -0.710. The zero-order chi connectivity index (χ0) is 12.3. The Morgan fingerprint density at radius 2 is 2.24 bits per heavy atom. The number of rotatable bonds is 4. The molecule has 0 radical (unpaired) electrons. The predicted octanol–water partition coefficient (Wildman–Crippen LogP) is 2.47. The molecule has 0 aromatic heterocycles. The third-order valence-corrected chi connectivity index (χ3v) is 3.52. The molecular formula is C14H19NO2. The maximum atomic E-state index is 10.7. The van der Waals surface area contributed by atoms with E-state index < -0.39 is 5.97 Å². The molecule has 1 aromatic rings. The fourth-order valence-corrected chi connectivity index (χ4v) is 2.69. The fourth-order valence-electron chi connectivity index (χ4n) is 2.69. The molecule has 0 saturated carbocycles. The molecular weight excluding hydrogens is 214 g/mol. The number of benzene rings is 1. The van der Waals surface area contributed by atoms with E-state index in [1.54, 1.807) is 0 Å². The molecule has 1 N–H and O–H groups in total. The molecule has 2 rings (SSSR count). The molecule has 0 bridgehead atoms. The zero-order valence-electron chi connectivity index (χ0n) is 10.2. The summed E-state index contributed by atoms with van der Waals surface area (Å²) < 4.78 is 0. The Morgan fingerprint density at radius 3 is 2.94 bits per heavy atom. The van der Waals surface area contributed by atoms with Crippen molar-refractivity contribution in [1.29, 1.82) is 0 Å². The minimum absolute atomic E-state index is 0.235. The van der Waals surface area contributed by atoms with Crippen LogP contribution in [0.15, 0.2) is 24.3 Å². The summed E-state index contributed by atoms with van der Waals surface area (Å²) in [6, 6.07) is 8.91. The van der Waals surface area contributed by atoms with Crippen LogP contribution in [0.1, 0.15) is 36.9 Å². The molecule has 1 heterocycles. The van der Waals surface area contributed by atoms with E-state index in [0.29, 0.717) is 12.6 Å². The van der Waals surface area contributed by atoms with Crippen LogP contribution in [0.5, 0.6) is 0 Å². The normalized spacial score (nSPS) is 19.9. The second kappa shape index (κ2) is 5.32. The summed E-state index contributed by atoms with van der Waals surface area (Å²) in [7, 11) is 0. The first-order valence-corrected chi connectivity index (χ1v) is 6.26. The van der Waals surface area contributed by atoms with Crippen molar-refractivity contribution in [2.75, 3.05) is 13.1 Å². The van der Waals surface area contributed by atoms with Crippen molar-refractivity contribution in [3.63, 3.8) is 0 Å². The van der Waals surface area contributed by atoms with Gasteiger partial charge in [0.2, 0.25) is 0 Å². The van der Waals surface area contributed by atoms with Gasteiger partial charge in [-0.3, -0.25) is 9.69 Å². The summed E-state index contributed by atoms with van der Waals surface area (Å²) in [6.07, 6.45) is 2.31. The Bertz CT molecular complexity index is 403. The predicted molar refractivity (Wildman–Crippen MR) is 67.0 cm³/mol. The zero-order valence-corrected chi connectivity index (χ0v) is 10.2. The highest BCUT2D eigenvalue weighted by Crippen LogP contribution is 2.31. The lowest BCUT2D eigenvalue weighted by Crippen LogP contribution is -2.36. The molecule has 0 unspecified atom stereocenters. The van der Waals surface area contributed by atoms with Crippen LogP contribution in [-0.2, 0) is 11.2 Å². The highest BCUT2D eigenvalue weighted by atomic mass is 16.4. The van der Waals surface area contributed by atoms with E-state index in [-0.39, 0.29) is 6.42 Å². The lowest BCUT2D eigenvalue weighted by atomic mass is 9.91. The third-order valence-electron chi connectivity index (χ3n) is 3.52. The fraction of sp³-hybridized carbons (Fsp3) is 0.500. The first-order chi connectivity index (χ1) is 8.22. The highest BCUT2D eigenvalue weighted by molar-refractivity contribution is 5.66. The molecule has 1 aliphatic rings. The number of aliphatic carboxylic acids is 1. The summed E-state index contributed by atoms with van der Waals surface area (Å²) >= 11 is 0. The van der Waals surface area contributed by atoms with Gasteiger partial charge >= 0.3 is 5.97 Å². The van der Waals surface area contributed by atoms with Gasteiger partial charge in [0.05, 0.1) is 6.42 Å². The Morgan fingerprint density at radius 1 is 1.47 bits per heavy atom. The average Bonchev–Trinajstić information content (AvgIpc) is 2.35. The van der Waals surface area contributed by atoms with Gasteiger partial charge in [0.15, 0.2) is 0 Å². The lowest BCUT2D eigenvalue weighted by molar-refractivity contribution is -0.137. The van der Waals surface area contributed by atoms with Crippen LogP contribution >= 0.6 is 0 Å². The molecule has 0 saturated heterocycles. The molecule has 0 fully saturated rings. The molecule has 17 heavy (non-hydrogen) atoms. The van der Waals surface area contributed by atoms with Crippen molar-refractivity contribution < 1.29 is 9.90 Å². The Kier molecular flexibility index (Phi) is 3.79. The second-order valence-electron chi connectivity index (χ2n) is 4.55. The summed E-state index contributed by atoms with van der Waals surface area (Å²) in [5, 5.41) is 8.77. The van der Waals surface area contributed by atoms with Gasteiger partial charge in [-0.05, 0) is 24.0 Å². The molecule has 3 nitrogen and oxygen atoms in total. The quantitative estimate of drug-likeness (QED) is 0.868. The number of carbonyl (C=O) groups is 1. The first-order valence-electron chi connectivity index (χ1n) is 6.26. The van der Waals surface area contributed by atoms with Crippen LogP contribution in [0.4, 0.5) is 0 Å². The lowest BCUT2D eigenvalue weighted by Gasteiger charge is -2.36. The SMILES string of the molecule is CC[C@@H]1c2ccccc2CCN1CCC(=O)O. The Hall–Kier alpha value is -1.35. The molecule has 0 amide bonds. The summed E-state index contributed by atoms with van der Waals surface area (Å²) in [6.45, 7) is 3.80. The van der Waals surface area contributed by atoms with Crippen LogP contribution < -0.4 is 0 Å². The van der Waals surface area contributed by atoms with Gasteiger partial charge in [0.1, 0.15) is 0 Å². The topological polar surface area (TPSA) is 40.5 Å². The summed E-state index contributed by atoms with van der Waals surface area (Å²) in [5.41, 5.74) is 2.80. The Balaban J connectivity index is 2.14. The molecule has 0 aliphatic carbocycles. The number of carboxylic acids is 1. The van der Waals surface area contributed by atoms with Crippen molar-refractivity contribution in [2.45, 2.75) is 32.2 Å². The maximum absolute atomic E-state index is 10.7. The Labute approximate surface area is 102 Å². The molecule has 1 atom stereocenters. The standard InChI is InChI=1S/C14H19NO2/c1-2-13-12-6-4-3-5-11(12)7-9-15(13)10-8-14(16)17/h3-6,13H,2,7-10H2,1H3,(H,16,17)/t13-/m1/s1. The second-order valence-corrected chi connectivity index (χ2v) is 4.55. The largest absolute Gasteiger partial charge is 0.481 e. The van der Waals surface area contributed by atoms with E-state index in [4.69, 9.17) is 5.11 Å². The third kappa shape index (κ3) is 2.67. The maximum Gasteiger partial charge on any atom is 0.304 e. The van der Waals surface area contributed by atoms with Crippen LogP contribution in [0, 0.1) is 0 Å². The van der Waals surface area contributed by atoms with Gasteiger partial charge in [-0.25, -0.2) is 0 Å². The monoisotopic (exact) mass is 233 g/mol. The number of fused-ring (bicyclic) bond motifs is 1. The van der Waals surface area contributed by atoms with Gasteiger partial charge in [-0.15, -0.1) is 0 Å². The number of carboxylic acid groups (broad SMARTS) is 1. The van der Waals surface area contributed by atoms with Crippen LogP contribution in [0.3, 0.4) is 0 Å². The average molecular weight is 233 g/mol. The molecule has 1 aromatic carbocycles. The molecule has 0 spiro atoms. The van der Waals surface area contributed by atoms with Crippen molar-refractivity contribution in [3.8, 4) is 0 Å². The summed E-state index contributed by atoms with van der Waals surface area (Å²) in [5.74, 6) is -0.710. The van der Waals surface area contributed by atoms with Crippen LogP contribution in [0.2, 0.25) is 0 Å². The number of hydrogen-bond acceptors (Lipinski definition) is 2. The van der Waals surface area contributed by atoms with E-state index in [9.17, 15) is 4.79 Å². The van der Waals surface area contributed by atoms with Gasteiger partial charge in [-0.2, -0.15) is 0 Å². The van der Waals surface area contributed by atoms with E-state index in [0.717, 1.165) is 19.4 Å². The smallest absolute Gasteiger partial charge is 0.304 e. The van der Waals surface area contributed by atoms with E-state index >= 15 is 0 Å². The van der Waals surface area contributed by atoms with Crippen molar-refractivity contribution in [1.82, 2.24) is 4.90 Å². The van der Waals surface area contributed by atoms with Gasteiger partial charge in [-0.1, -0.05) is 31.2 Å². The van der Waals surface area contributed by atoms with E-state index in [1.807, 2.05) is 0 Å². The molecule has 1 aliphatic heterocycles. The minimum Gasteiger partial charge on any atom is -0.481 e. The highest BCUT2D eigenvalue weighted by Gasteiger charge is 2.25. The summed E-state index contributed by atoms with van der Waals surface area (Å²) in [4.78, 5) is 13.0. The van der Waals surface area contributed by atoms with Gasteiger partial charge in [0.25, 0.3) is 0 Å². The first kappa shape index (κ1) is 12.1. The molecule has 92 valence electrons. The van der Waals surface area contributed by atoms with Crippen LogP contribution in [-0.4, -0.2) is 29.1 Å². The van der Waals surface area contributed by atoms with Crippen molar-refractivity contribution in [2.24, 2.45) is 0 Å². The number of nitrogens with zero attached hydrogens (tertiary/aromatic N) is 1. The van der Waals surface area contributed by atoms with Gasteiger partial charge in [0, 0.05) is 19.1 Å².